The summed E-state index contributed by atoms with van der Waals surface area (Å²) in [5.74, 6) is -0.662. The smallest absolute Gasteiger partial charge is 0.339 e. The van der Waals surface area contributed by atoms with E-state index >= 15 is 0 Å². The number of rotatable bonds is 7. The van der Waals surface area contributed by atoms with E-state index in [1.165, 1.54) is 6.20 Å². The molecular formula is C23H24Cl2N2O3. The summed E-state index contributed by atoms with van der Waals surface area (Å²) < 4.78 is 7.34. The molecule has 0 saturated carbocycles. The van der Waals surface area contributed by atoms with Crippen LogP contribution in [0.3, 0.4) is 0 Å². The number of nitrogens with zero attached hydrogens (tertiary/aromatic N) is 1. The van der Waals surface area contributed by atoms with Crippen molar-refractivity contribution in [3.63, 3.8) is 0 Å². The fraction of sp³-hybridized carbons (Fsp3) is 0.304. The first-order valence-corrected chi connectivity index (χ1v) is 10.6. The molecule has 0 saturated heterocycles. The normalized spacial score (nSPS) is 12.2. The molecule has 1 N–H and O–H groups in total. The van der Waals surface area contributed by atoms with Crippen molar-refractivity contribution < 1.29 is 9.53 Å². The van der Waals surface area contributed by atoms with Crippen LogP contribution in [-0.4, -0.2) is 22.1 Å². The van der Waals surface area contributed by atoms with Crippen molar-refractivity contribution in [1.29, 1.82) is 0 Å². The molecule has 0 radical (unpaired) electrons. The van der Waals surface area contributed by atoms with E-state index in [0.717, 1.165) is 11.3 Å². The van der Waals surface area contributed by atoms with Gasteiger partial charge in [0, 0.05) is 40.6 Å². The molecule has 0 aliphatic rings. The Morgan fingerprint density at radius 2 is 1.83 bits per heavy atom. The van der Waals surface area contributed by atoms with Gasteiger partial charge in [-0.15, -0.1) is 0 Å². The zero-order valence-corrected chi connectivity index (χ0v) is 18.6. The number of carbonyl (C=O) groups is 1. The van der Waals surface area contributed by atoms with Crippen LogP contribution in [0.5, 0.6) is 0 Å². The standard InChI is InChI=1S/C23H24Cl2N2O3/c1-4-30-23(29)19-9-10-27(14(2)3)21(19)20(15-5-7-17(24)8-6-15)12-16-11-18(25)13-26-22(16)28/h5-11,13-14,20H,4,12H2,1-3H3,(H,26,28). The number of halogens is 2. The van der Waals surface area contributed by atoms with Crippen LogP contribution in [0.1, 0.15) is 59.9 Å². The lowest BCUT2D eigenvalue weighted by Crippen LogP contribution is -2.21. The highest BCUT2D eigenvalue weighted by atomic mass is 35.5. The van der Waals surface area contributed by atoms with Crippen LogP contribution in [0.4, 0.5) is 0 Å². The molecule has 2 heterocycles. The fourth-order valence-corrected chi connectivity index (χ4v) is 3.91. The lowest BCUT2D eigenvalue weighted by atomic mass is 9.87. The number of aromatic nitrogens is 2. The monoisotopic (exact) mass is 446 g/mol. The third-order valence-corrected chi connectivity index (χ3v) is 5.45. The second kappa shape index (κ2) is 9.54. The molecule has 7 heteroatoms. The van der Waals surface area contributed by atoms with Crippen LogP contribution in [0, 0.1) is 0 Å². The van der Waals surface area contributed by atoms with Gasteiger partial charge in [0.2, 0.25) is 0 Å². The van der Waals surface area contributed by atoms with E-state index in [0.29, 0.717) is 27.6 Å². The maximum atomic E-state index is 12.7. The summed E-state index contributed by atoms with van der Waals surface area (Å²) in [6.07, 6.45) is 3.71. The molecule has 1 unspecified atom stereocenters. The molecule has 0 fully saturated rings. The molecule has 0 bridgehead atoms. The van der Waals surface area contributed by atoms with E-state index in [-0.39, 0.29) is 30.1 Å². The van der Waals surface area contributed by atoms with Gasteiger partial charge in [-0.25, -0.2) is 4.79 Å². The Morgan fingerprint density at radius 3 is 2.47 bits per heavy atom. The molecular weight excluding hydrogens is 423 g/mol. The predicted octanol–water partition coefficient (Wildman–Crippen LogP) is 5.62. The van der Waals surface area contributed by atoms with E-state index in [1.807, 2.05) is 36.7 Å². The van der Waals surface area contributed by atoms with Gasteiger partial charge in [-0.05, 0) is 57.0 Å². The molecule has 0 spiro atoms. The summed E-state index contributed by atoms with van der Waals surface area (Å²) in [4.78, 5) is 27.9. The van der Waals surface area contributed by atoms with Gasteiger partial charge >= 0.3 is 5.97 Å². The van der Waals surface area contributed by atoms with Crippen molar-refractivity contribution in [3.05, 3.63) is 91.6 Å². The minimum Gasteiger partial charge on any atom is -0.462 e. The number of esters is 1. The van der Waals surface area contributed by atoms with Crippen molar-refractivity contribution in [2.45, 2.75) is 39.2 Å². The van der Waals surface area contributed by atoms with Crippen LogP contribution in [0.25, 0.3) is 0 Å². The molecule has 0 aliphatic carbocycles. The number of hydrogen-bond acceptors (Lipinski definition) is 3. The molecule has 158 valence electrons. The van der Waals surface area contributed by atoms with Crippen LogP contribution >= 0.6 is 23.2 Å². The number of aromatic amines is 1. The average molecular weight is 447 g/mol. The summed E-state index contributed by atoms with van der Waals surface area (Å²) in [7, 11) is 0. The zero-order chi connectivity index (χ0) is 21.8. The first kappa shape index (κ1) is 22.2. The second-order valence-corrected chi connectivity index (χ2v) is 8.19. The van der Waals surface area contributed by atoms with Crippen LogP contribution in [-0.2, 0) is 11.2 Å². The Balaban J connectivity index is 2.20. The lowest BCUT2D eigenvalue weighted by Gasteiger charge is -2.24. The van der Waals surface area contributed by atoms with Crippen LogP contribution in [0.15, 0.2) is 53.6 Å². The minimum absolute atomic E-state index is 0.107. The topological polar surface area (TPSA) is 64.1 Å². The quantitative estimate of drug-likeness (QED) is 0.479. The summed E-state index contributed by atoms with van der Waals surface area (Å²) in [5, 5.41) is 1.06. The number of ether oxygens (including phenoxy) is 1. The maximum absolute atomic E-state index is 12.7. The third kappa shape index (κ3) is 4.79. The highest BCUT2D eigenvalue weighted by molar-refractivity contribution is 6.30. The highest BCUT2D eigenvalue weighted by Crippen LogP contribution is 2.34. The minimum atomic E-state index is -0.383. The molecule has 0 amide bonds. The van der Waals surface area contributed by atoms with Crippen LogP contribution in [0.2, 0.25) is 10.0 Å². The summed E-state index contributed by atoms with van der Waals surface area (Å²) in [5.41, 5.74) is 2.55. The summed E-state index contributed by atoms with van der Waals surface area (Å²) in [6.45, 7) is 6.15. The highest BCUT2D eigenvalue weighted by Gasteiger charge is 2.28. The van der Waals surface area contributed by atoms with Crippen LogP contribution < -0.4 is 5.56 Å². The Hall–Kier alpha value is -2.50. The fourth-order valence-electron chi connectivity index (χ4n) is 3.60. The van der Waals surface area contributed by atoms with Gasteiger partial charge < -0.3 is 14.3 Å². The van der Waals surface area contributed by atoms with Gasteiger partial charge in [-0.1, -0.05) is 35.3 Å². The molecule has 0 aliphatic heterocycles. The predicted molar refractivity (Wildman–Crippen MR) is 120 cm³/mol. The number of nitrogens with one attached hydrogen (secondary N) is 1. The molecule has 30 heavy (non-hydrogen) atoms. The van der Waals surface area contributed by atoms with E-state index in [1.54, 1.807) is 31.2 Å². The number of H-pyrrole nitrogens is 1. The number of pyridine rings is 1. The SMILES string of the molecule is CCOC(=O)c1ccn(C(C)C)c1C(Cc1cc(Cl)c[nH]c1=O)c1ccc(Cl)cc1. The number of benzene rings is 1. The van der Waals surface area contributed by atoms with E-state index < -0.39 is 0 Å². The number of carbonyl (C=O) groups excluding carboxylic acids is 1. The molecule has 5 nitrogen and oxygen atoms in total. The van der Waals surface area contributed by atoms with E-state index in [4.69, 9.17) is 27.9 Å². The summed E-state index contributed by atoms with van der Waals surface area (Å²) in [6, 6.07) is 11.0. The van der Waals surface area contributed by atoms with Crippen molar-refractivity contribution >= 4 is 29.2 Å². The van der Waals surface area contributed by atoms with Gasteiger partial charge in [0.1, 0.15) is 0 Å². The molecule has 2 aromatic heterocycles. The van der Waals surface area contributed by atoms with Crippen molar-refractivity contribution in [2.24, 2.45) is 0 Å². The van der Waals surface area contributed by atoms with Gasteiger partial charge in [-0.3, -0.25) is 4.79 Å². The van der Waals surface area contributed by atoms with E-state index in [9.17, 15) is 9.59 Å². The molecule has 1 atom stereocenters. The summed E-state index contributed by atoms with van der Waals surface area (Å²) >= 11 is 12.2. The molecule has 3 aromatic rings. The molecule has 3 rings (SSSR count). The van der Waals surface area contributed by atoms with Gasteiger partial charge in [0.05, 0.1) is 17.2 Å². The number of hydrogen-bond donors (Lipinski definition) is 1. The van der Waals surface area contributed by atoms with Gasteiger partial charge in [0.15, 0.2) is 0 Å². The zero-order valence-electron chi connectivity index (χ0n) is 17.1. The Morgan fingerprint density at radius 1 is 1.13 bits per heavy atom. The molecule has 1 aromatic carbocycles. The first-order chi connectivity index (χ1) is 14.3. The first-order valence-electron chi connectivity index (χ1n) is 9.82. The largest absolute Gasteiger partial charge is 0.462 e. The lowest BCUT2D eigenvalue weighted by molar-refractivity contribution is 0.0524. The maximum Gasteiger partial charge on any atom is 0.339 e. The Bertz CT molecular complexity index is 1080. The Kier molecular flexibility index (Phi) is 7.06. The van der Waals surface area contributed by atoms with Crippen molar-refractivity contribution in [3.8, 4) is 0 Å². The average Bonchev–Trinajstić information content (AvgIpc) is 3.15. The Labute approximate surface area is 185 Å². The van der Waals surface area contributed by atoms with Crippen molar-refractivity contribution in [2.75, 3.05) is 6.61 Å². The third-order valence-electron chi connectivity index (χ3n) is 4.98. The second-order valence-electron chi connectivity index (χ2n) is 7.32. The van der Waals surface area contributed by atoms with Crippen molar-refractivity contribution in [1.82, 2.24) is 9.55 Å². The van der Waals surface area contributed by atoms with Gasteiger partial charge in [-0.2, -0.15) is 0 Å². The van der Waals surface area contributed by atoms with Gasteiger partial charge in [0.25, 0.3) is 5.56 Å². The van der Waals surface area contributed by atoms with E-state index in [2.05, 4.69) is 4.98 Å².